The topological polar surface area (TPSA) is 149 Å². The third kappa shape index (κ3) is 9.22. The maximum Gasteiger partial charge on any atom is 0.407 e. The summed E-state index contributed by atoms with van der Waals surface area (Å²) >= 11 is 0. The molecule has 3 rings (SSSR count). The zero-order valence-electron chi connectivity index (χ0n) is 23.7. The van der Waals surface area contributed by atoms with Crippen LogP contribution in [0.5, 0.6) is 0 Å². The maximum absolute atomic E-state index is 12.7. The number of nitrogens with one attached hydrogen (secondary N) is 4. The van der Waals surface area contributed by atoms with Gasteiger partial charge in [0.25, 0.3) is 0 Å². The molecule has 0 aliphatic carbocycles. The summed E-state index contributed by atoms with van der Waals surface area (Å²) in [7, 11) is 1.65. The number of hydrogen-bond acceptors (Lipinski definition) is 7. The summed E-state index contributed by atoms with van der Waals surface area (Å²) in [6.07, 6.45) is 1.37. The summed E-state index contributed by atoms with van der Waals surface area (Å²) in [5, 5.41) is 10.7. The molecule has 2 aliphatic heterocycles. The van der Waals surface area contributed by atoms with E-state index in [2.05, 4.69) is 21.3 Å². The molecule has 0 bridgehead atoms. The van der Waals surface area contributed by atoms with Crippen LogP contribution in [0.1, 0.15) is 38.7 Å². The number of hydrogen-bond donors (Lipinski definition) is 4. The summed E-state index contributed by atoms with van der Waals surface area (Å²) in [6, 6.07) is 8.61. The van der Waals surface area contributed by atoms with Crippen molar-refractivity contribution in [3.05, 3.63) is 35.9 Å². The van der Waals surface area contributed by atoms with Gasteiger partial charge in [0.15, 0.2) is 0 Å². The van der Waals surface area contributed by atoms with E-state index in [0.717, 1.165) is 18.4 Å². The molecule has 2 saturated heterocycles. The number of likely N-dealkylation sites (N-methyl/N-ethyl adjacent to an activating group) is 1. The van der Waals surface area contributed by atoms with Crippen LogP contribution in [-0.2, 0) is 30.5 Å². The lowest BCUT2D eigenvalue weighted by atomic mass is 9.72. The zero-order chi connectivity index (χ0) is 29.1. The third-order valence-electron chi connectivity index (χ3n) is 7.29. The highest BCUT2D eigenvalue weighted by Crippen LogP contribution is 2.40. The minimum Gasteiger partial charge on any atom is -0.445 e. The fourth-order valence-electron chi connectivity index (χ4n) is 5.03. The molecule has 2 fully saturated rings. The van der Waals surface area contributed by atoms with Crippen molar-refractivity contribution >= 4 is 29.7 Å². The molecule has 2 aliphatic rings. The van der Waals surface area contributed by atoms with Crippen molar-refractivity contribution in [1.82, 2.24) is 31.1 Å². The highest BCUT2D eigenvalue weighted by atomic mass is 16.5. The molecular weight excluding hydrogens is 516 g/mol. The van der Waals surface area contributed by atoms with Gasteiger partial charge in [0.1, 0.15) is 19.2 Å². The molecule has 1 aromatic carbocycles. The van der Waals surface area contributed by atoms with Crippen LogP contribution in [0.2, 0.25) is 0 Å². The molecule has 1 unspecified atom stereocenters. The molecule has 12 nitrogen and oxygen atoms in total. The van der Waals surface area contributed by atoms with Crippen LogP contribution >= 0.6 is 0 Å². The molecule has 5 amide bonds. The van der Waals surface area contributed by atoms with E-state index in [9.17, 15) is 24.0 Å². The van der Waals surface area contributed by atoms with Crippen LogP contribution in [0.15, 0.2) is 30.3 Å². The quantitative estimate of drug-likeness (QED) is 0.287. The second kappa shape index (κ2) is 14.6. The molecule has 1 aromatic rings. The third-order valence-corrected chi connectivity index (χ3v) is 7.29. The number of ether oxygens (including phenoxy) is 1. The fraction of sp³-hybridized carbons (Fsp3) is 0.607. The first-order chi connectivity index (χ1) is 19.1. The van der Waals surface area contributed by atoms with Crippen LogP contribution in [0.4, 0.5) is 4.79 Å². The van der Waals surface area contributed by atoms with Crippen molar-refractivity contribution in [3.63, 3.8) is 0 Å². The number of piperidine rings is 1. The van der Waals surface area contributed by atoms with Crippen LogP contribution in [-0.4, -0.2) is 98.4 Å². The average Bonchev–Trinajstić information content (AvgIpc) is 2.92. The Hall–Kier alpha value is -3.67. The molecule has 220 valence electrons. The number of benzene rings is 1. The lowest BCUT2D eigenvalue weighted by Crippen LogP contribution is -2.64. The van der Waals surface area contributed by atoms with Gasteiger partial charge in [-0.25, -0.2) is 4.79 Å². The van der Waals surface area contributed by atoms with Gasteiger partial charge in [0, 0.05) is 31.6 Å². The lowest BCUT2D eigenvalue weighted by Gasteiger charge is -2.54. The normalized spacial score (nSPS) is 16.6. The van der Waals surface area contributed by atoms with Crippen molar-refractivity contribution in [1.29, 1.82) is 0 Å². The van der Waals surface area contributed by atoms with E-state index in [1.54, 1.807) is 16.8 Å². The van der Waals surface area contributed by atoms with Crippen LogP contribution < -0.4 is 21.3 Å². The average molecular weight is 559 g/mol. The van der Waals surface area contributed by atoms with Crippen molar-refractivity contribution in [2.24, 2.45) is 11.3 Å². The predicted octanol–water partition coefficient (Wildman–Crippen LogP) is 0.230. The standard InChI is InChI=1S/C28H42N6O6/c1-20(2)13-22(32-23(35)14-29-3)26(38)30-15-25(37)34-18-28(19-34)9-11-33(12-10-28)24(36)16-31-27(39)40-17-21-7-5-4-6-8-21/h4-8,20,22,29H,9-19H2,1-3H3,(H,30,38)(H,31,39)(H,32,35). The summed E-state index contributed by atoms with van der Waals surface area (Å²) < 4.78 is 5.15. The van der Waals surface area contributed by atoms with Gasteiger partial charge in [-0.2, -0.15) is 0 Å². The summed E-state index contributed by atoms with van der Waals surface area (Å²) in [4.78, 5) is 65.2. The largest absolute Gasteiger partial charge is 0.445 e. The van der Waals surface area contributed by atoms with E-state index in [4.69, 9.17) is 4.74 Å². The molecule has 4 N–H and O–H groups in total. The summed E-state index contributed by atoms with van der Waals surface area (Å²) in [6.45, 7) is 6.21. The molecule has 1 atom stereocenters. The Bertz CT molecular complexity index is 1030. The van der Waals surface area contributed by atoms with Gasteiger partial charge >= 0.3 is 6.09 Å². The second-order valence-corrected chi connectivity index (χ2v) is 11.0. The minimum absolute atomic E-state index is 0.0280. The van der Waals surface area contributed by atoms with Crippen molar-refractivity contribution in [2.45, 2.75) is 45.8 Å². The van der Waals surface area contributed by atoms with Gasteiger partial charge in [0.05, 0.1) is 13.1 Å². The van der Waals surface area contributed by atoms with E-state index >= 15 is 0 Å². The van der Waals surface area contributed by atoms with Gasteiger partial charge in [-0.05, 0) is 37.8 Å². The number of carbonyl (C=O) groups is 5. The first kappa shape index (κ1) is 30.9. The number of alkyl carbamates (subject to hydrolysis) is 1. The van der Waals surface area contributed by atoms with Crippen LogP contribution in [0, 0.1) is 11.3 Å². The molecular formula is C28H42N6O6. The Morgan fingerprint density at radius 2 is 1.52 bits per heavy atom. The first-order valence-electron chi connectivity index (χ1n) is 13.8. The smallest absolute Gasteiger partial charge is 0.407 e. The highest BCUT2D eigenvalue weighted by Gasteiger charge is 2.47. The minimum atomic E-state index is -0.696. The highest BCUT2D eigenvalue weighted by molar-refractivity contribution is 5.91. The second-order valence-electron chi connectivity index (χ2n) is 11.0. The van der Waals surface area contributed by atoms with E-state index in [1.807, 2.05) is 44.2 Å². The SMILES string of the molecule is CNCC(=O)NC(CC(C)C)C(=O)NCC(=O)N1CC2(CCN(C(=O)CNC(=O)OCc3ccccc3)CC2)C1. The molecule has 1 spiro atoms. The number of likely N-dealkylation sites (tertiary alicyclic amines) is 2. The van der Waals surface area contributed by atoms with Gasteiger partial charge in [-0.3, -0.25) is 19.2 Å². The zero-order valence-corrected chi connectivity index (χ0v) is 23.7. The van der Waals surface area contributed by atoms with Gasteiger partial charge in [-0.15, -0.1) is 0 Å². The summed E-state index contributed by atoms with van der Waals surface area (Å²) in [5.74, 6) is -0.785. The Labute approximate surface area is 235 Å². The van der Waals surface area contributed by atoms with E-state index in [-0.39, 0.29) is 61.2 Å². The van der Waals surface area contributed by atoms with Gasteiger partial charge in [-0.1, -0.05) is 44.2 Å². The number of amides is 5. The van der Waals surface area contributed by atoms with Crippen LogP contribution in [0.25, 0.3) is 0 Å². The molecule has 2 heterocycles. The van der Waals surface area contributed by atoms with E-state index in [0.29, 0.717) is 32.6 Å². The fourth-order valence-corrected chi connectivity index (χ4v) is 5.03. The molecule has 0 saturated carbocycles. The monoisotopic (exact) mass is 558 g/mol. The Kier molecular flexibility index (Phi) is 11.3. The molecule has 12 heteroatoms. The molecule has 0 radical (unpaired) electrons. The Morgan fingerprint density at radius 3 is 2.15 bits per heavy atom. The van der Waals surface area contributed by atoms with E-state index in [1.165, 1.54) is 0 Å². The summed E-state index contributed by atoms with van der Waals surface area (Å²) in [5.41, 5.74) is 0.837. The van der Waals surface area contributed by atoms with Gasteiger partial charge < -0.3 is 35.8 Å². The Balaban J connectivity index is 1.33. The van der Waals surface area contributed by atoms with Crippen molar-refractivity contribution in [2.75, 3.05) is 52.9 Å². The predicted molar refractivity (Wildman–Crippen MR) is 148 cm³/mol. The number of nitrogens with zero attached hydrogens (tertiary/aromatic N) is 2. The molecule has 40 heavy (non-hydrogen) atoms. The molecule has 0 aromatic heterocycles. The van der Waals surface area contributed by atoms with Crippen molar-refractivity contribution in [3.8, 4) is 0 Å². The van der Waals surface area contributed by atoms with Gasteiger partial charge in [0.2, 0.25) is 23.6 Å². The number of carbonyl (C=O) groups excluding carboxylic acids is 5. The van der Waals surface area contributed by atoms with Crippen molar-refractivity contribution < 1.29 is 28.7 Å². The lowest BCUT2D eigenvalue weighted by molar-refractivity contribution is -0.149. The first-order valence-corrected chi connectivity index (χ1v) is 13.8. The van der Waals surface area contributed by atoms with E-state index < -0.39 is 12.1 Å². The Morgan fingerprint density at radius 1 is 0.900 bits per heavy atom. The number of rotatable bonds is 12. The van der Waals surface area contributed by atoms with Crippen LogP contribution in [0.3, 0.4) is 0 Å². The maximum atomic E-state index is 12.7.